The van der Waals surface area contributed by atoms with Crippen LogP contribution in [0.25, 0.3) is 0 Å². The Hall–Kier alpha value is -0.0800. The van der Waals surface area contributed by atoms with Gasteiger partial charge in [0.2, 0.25) is 0 Å². The molecule has 1 aliphatic carbocycles. The van der Waals surface area contributed by atoms with Crippen LogP contribution in [0.2, 0.25) is 0 Å². The minimum atomic E-state index is 0.115. The largest absolute Gasteiger partial charge is 0.374 e. The summed E-state index contributed by atoms with van der Waals surface area (Å²) >= 11 is 0. The highest BCUT2D eigenvalue weighted by molar-refractivity contribution is 4.95. The van der Waals surface area contributed by atoms with Crippen LogP contribution in [0.1, 0.15) is 72.1 Å². The molecule has 0 aromatic carbocycles. The zero-order chi connectivity index (χ0) is 13.4. The molecule has 0 amide bonds. The molecule has 0 spiro atoms. The maximum atomic E-state index is 6.24. The molecule has 1 fully saturated rings. The summed E-state index contributed by atoms with van der Waals surface area (Å²) in [7, 11) is 2.11. The van der Waals surface area contributed by atoms with Gasteiger partial charge in [-0.3, -0.25) is 0 Å². The monoisotopic (exact) mass is 255 g/mol. The molecule has 2 heteroatoms. The van der Waals surface area contributed by atoms with E-state index in [2.05, 4.69) is 33.1 Å². The summed E-state index contributed by atoms with van der Waals surface area (Å²) in [6, 6.07) is 0.527. The molecule has 0 radical (unpaired) electrons. The molecule has 0 aromatic rings. The van der Waals surface area contributed by atoms with E-state index in [0.717, 1.165) is 12.5 Å². The summed E-state index contributed by atoms with van der Waals surface area (Å²) in [5.74, 6) is 0.798. The quantitative estimate of drug-likeness (QED) is 0.704. The van der Waals surface area contributed by atoms with E-state index >= 15 is 0 Å². The second-order valence-corrected chi connectivity index (χ2v) is 6.03. The van der Waals surface area contributed by atoms with Crippen molar-refractivity contribution in [2.24, 2.45) is 5.92 Å². The summed E-state index contributed by atoms with van der Waals surface area (Å²) in [5.41, 5.74) is 0.115. The highest BCUT2D eigenvalue weighted by Gasteiger charge is 2.40. The van der Waals surface area contributed by atoms with Gasteiger partial charge in [0, 0.05) is 12.6 Å². The molecule has 18 heavy (non-hydrogen) atoms. The van der Waals surface area contributed by atoms with Crippen molar-refractivity contribution < 1.29 is 4.74 Å². The van der Waals surface area contributed by atoms with Crippen LogP contribution in [0.4, 0.5) is 0 Å². The van der Waals surface area contributed by atoms with E-state index < -0.39 is 0 Å². The summed E-state index contributed by atoms with van der Waals surface area (Å²) in [6.07, 6.45) is 10.4. The first kappa shape index (κ1) is 16.0. The van der Waals surface area contributed by atoms with Crippen LogP contribution in [-0.2, 0) is 4.74 Å². The van der Waals surface area contributed by atoms with Crippen molar-refractivity contribution in [3.05, 3.63) is 0 Å². The Kier molecular flexibility index (Phi) is 7.25. The van der Waals surface area contributed by atoms with Crippen molar-refractivity contribution in [2.45, 2.75) is 83.8 Å². The normalized spacial score (nSPS) is 22.7. The third kappa shape index (κ3) is 4.24. The lowest BCUT2D eigenvalue weighted by atomic mass is 9.76. The Morgan fingerprint density at radius 2 is 1.83 bits per heavy atom. The number of likely N-dealkylation sites (N-methyl/N-ethyl adjacent to an activating group) is 1. The molecule has 1 aliphatic rings. The predicted molar refractivity (Wildman–Crippen MR) is 79.0 cm³/mol. The SMILES string of the molecule is CCCC(C)CC(NC)C1(OCC)CCCCC1. The van der Waals surface area contributed by atoms with Gasteiger partial charge in [0.05, 0.1) is 5.60 Å². The van der Waals surface area contributed by atoms with Crippen LogP contribution in [0.5, 0.6) is 0 Å². The van der Waals surface area contributed by atoms with Crippen LogP contribution in [-0.4, -0.2) is 25.3 Å². The fourth-order valence-electron chi connectivity index (χ4n) is 3.64. The number of rotatable bonds is 8. The Morgan fingerprint density at radius 3 is 2.33 bits per heavy atom. The van der Waals surface area contributed by atoms with E-state index in [4.69, 9.17) is 4.74 Å². The highest BCUT2D eigenvalue weighted by atomic mass is 16.5. The maximum absolute atomic E-state index is 6.24. The van der Waals surface area contributed by atoms with Crippen LogP contribution < -0.4 is 5.32 Å². The van der Waals surface area contributed by atoms with Gasteiger partial charge in [-0.15, -0.1) is 0 Å². The third-order valence-electron chi connectivity index (χ3n) is 4.53. The second-order valence-electron chi connectivity index (χ2n) is 6.03. The summed E-state index contributed by atoms with van der Waals surface area (Å²) in [4.78, 5) is 0. The zero-order valence-corrected chi connectivity index (χ0v) is 12.9. The zero-order valence-electron chi connectivity index (χ0n) is 12.9. The van der Waals surface area contributed by atoms with E-state index in [9.17, 15) is 0 Å². The minimum Gasteiger partial charge on any atom is -0.374 e. The van der Waals surface area contributed by atoms with Crippen molar-refractivity contribution in [2.75, 3.05) is 13.7 Å². The number of ether oxygens (including phenoxy) is 1. The Balaban J connectivity index is 2.67. The average Bonchev–Trinajstić information content (AvgIpc) is 2.37. The van der Waals surface area contributed by atoms with Crippen molar-refractivity contribution in [1.82, 2.24) is 5.32 Å². The Bertz CT molecular complexity index is 206. The van der Waals surface area contributed by atoms with Crippen molar-refractivity contribution in [3.63, 3.8) is 0 Å². The Labute approximate surface area is 114 Å². The summed E-state index contributed by atoms with van der Waals surface area (Å²) < 4.78 is 6.24. The number of nitrogens with one attached hydrogen (secondary N) is 1. The van der Waals surface area contributed by atoms with Crippen LogP contribution in [0.3, 0.4) is 0 Å². The van der Waals surface area contributed by atoms with Crippen molar-refractivity contribution in [3.8, 4) is 0 Å². The van der Waals surface area contributed by atoms with E-state index in [-0.39, 0.29) is 5.60 Å². The van der Waals surface area contributed by atoms with Gasteiger partial charge in [-0.05, 0) is 39.2 Å². The molecule has 0 bridgehead atoms. The van der Waals surface area contributed by atoms with Gasteiger partial charge in [-0.2, -0.15) is 0 Å². The molecule has 1 rings (SSSR count). The first-order valence-electron chi connectivity index (χ1n) is 7.99. The fourth-order valence-corrected chi connectivity index (χ4v) is 3.64. The molecule has 108 valence electrons. The maximum Gasteiger partial charge on any atom is 0.0834 e. The van der Waals surface area contributed by atoms with Gasteiger partial charge in [-0.1, -0.05) is 46.0 Å². The molecule has 0 heterocycles. The fraction of sp³-hybridized carbons (Fsp3) is 1.00. The van der Waals surface area contributed by atoms with Gasteiger partial charge in [0.25, 0.3) is 0 Å². The highest BCUT2D eigenvalue weighted by Crippen LogP contribution is 2.37. The summed E-state index contributed by atoms with van der Waals surface area (Å²) in [5, 5.41) is 3.56. The van der Waals surface area contributed by atoms with Gasteiger partial charge in [0.1, 0.15) is 0 Å². The van der Waals surface area contributed by atoms with Gasteiger partial charge in [0.15, 0.2) is 0 Å². The smallest absolute Gasteiger partial charge is 0.0834 e. The topological polar surface area (TPSA) is 21.3 Å². The lowest BCUT2D eigenvalue weighted by Gasteiger charge is -2.44. The summed E-state index contributed by atoms with van der Waals surface area (Å²) in [6.45, 7) is 7.65. The minimum absolute atomic E-state index is 0.115. The molecular formula is C16H33NO. The molecule has 0 aromatic heterocycles. The predicted octanol–water partition coefficient (Wildman–Crippen LogP) is 4.14. The molecule has 0 aliphatic heterocycles. The third-order valence-corrected chi connectivity index (χ3v) is 4.53. The van der Waals surface area contributed by atoms with E-state index in [1.807, 2.05) is 0 Å². The van der Waals surface area contributed by atoms with E-state index in [0.29, 0.717) is 6.04 Å². The second kappa shape index (κ2) is 8.16. The van der Waals surface area contributed by atoms with E-state index in [1.165, 1.54) is 51.4 Å². The Morgan fingerprint density at radius 1 is 1.17 bits per heavy atom. The van der Waals surface area contributed by atoms with Crippen LogP contribution in [0, 0.1) is 5.92 Å². The lowest BCUT2D eigenvalue weighted by molar-refractivity contribution is -0.0926. The van der Waals surface area contributed by atoms with Gasteiger partial charge < -0.3 is 10.1 Å². The molecule has 1 saturated carbocycles. The molecular weight excluding hydrogens is 222 g/mol. The van der Waals surface area contributed by atoms with E-state index in [1.54, 1.807) is 0 Å². The molecule has 0 saturated heterocycles. The molecule has 2 nitrogen and oxygen atoms in total. The lowest BCUT2D eigenvalue weighted by Crippen LogP contribution is -2.53. The standard InChI is InChI=1S/C16H33NO/c1-5-10-14(3)13-15(17-4)16(18-6-2)11-8-7-9-12-16/h14-15,17H,5-13H2,1-4H3. The van der Waals surface area contributed by atoms with Crippen molar-refractivity contribution in [1.29, 1.82) is 0 Å². The molecule has 1 N–H and O–H groups in total. The van der Waals surface area contributed by atoms with Crippen LogP contribution >= 0.6 is 0 Å². The first-order valence-corrected chi connectivity index (χ1v) is 7.99. The van der Waals surface area contributed by atoms with Gasteiger partial charge in [-0.25, -0.2) is 0 Å². The molecule has 2 unspecified atom stereocenters. The van der Waals surface area contributed by atoms with Crippen LogP contribution in [0.15, 0.2) is 0 Å². The van der Waals surface area contributed by atoms with Crippen molar-refractivity contribution >= 4 is 0 Å². The number of hydrogen-bond donors (Lipinski definition) is 1. The first-order chi connectivity index (χ1) is 8.68. The van der Waals surface area contributed by atoms with Gasteiger partial charge >= 0.3 is 0 Å². The number of hydrogen-bond acceptors (Lipinski definition) is 2. The average molecular weight is 255 g/mol. The molecule has 2 atom stereocenters.